The molecule has 0 aliphatic carbocycles. The van der Waals surface area contributed by atoms with Gasteiger partial charge in [0.25, 0.3) is 5.91 Å². The first-order valence-electron chi connectivity index (χ1n) is 7.19. The Morgan fingerprint density at radius 1 is 0.739 bits per heavy atom. The fraction of sp³-hybridized carbons (Fsp3) is 0. The zero-order chi connectivity index (χ0) is 16.1. The quantitative estimate of drug-likeness (QED) is 0.584. The zero-order valence-electron chi connectivity index (χ0n) is 12.4. The molecule has 0 unspecified atom stereocenters. The minimum atomic E-state index is -0.440. The number of carbonyl (C=O) groups excluding carboxylic acids is 1. The summed E-state index contributed by atoms with van der Waals surface area (Å²) in [5, 5.41) is 2.13. The number of primary amides is 1. The number of benzene rings is 2. The van der Waals surface area contributed by atoms with E-state index in [0.29, 0.717) is 11.1 Å². The molecule has 4 aromatic rings. The molecule has 0 saturated carbocycles. The average molecular weight is 301 g/mol. The molecule has 0 radical (unpaired) electrons. The van der Waals surface area contributed by atoms with E-state index in [9.17, 15) is 4.79 Å². The summed E-state index contributed by atoms with van der Waals surface area (Å²) in [6.45, 7) is 0. The van der Waals surface area contributed by atoms with E-state index in [0.717, 1.165) is 10.9 Å². The molecular formula is C19H15N3O. The Labute approximate surface area is 133 Å². The van der Waals surface area contributed by atoms with Crippen molar-refractivity contribution >= 4 is 27.7 Å². The summed E-state index contributed by atoms with van der Waals surface area (Å²) in [5.41, 5.74) is 7.40. The van der Waals surface area contributed by atoms with Crippen molar-refractivity contribution in [3.63, 3.8) is 0 Å². The predicted molar refractivity (Wildman–Crippen MR) is 92.0 cm³/mol. The molecule has 2 heterocycles. The van der Waals surface area contributed by atoms with Gasteiger partial charge in [-0.25, -0.2) is 0 Å². The molecule has 0 fully saturated rings. The number of nitrogens with two attached hydrogens (primary N) is 1. The number of nitrogens with zero attached hydrogens (tertiary/aromatic N) is 2. The van der Waals surface area contributed by atoms with Crippen LogP contribution in [-0.4, -0.2) is 15.9 Å². The highest BCUT2D eigenvalue weighted by Gasteiger charge is 2.05. The van der Waals surface area contributed by atoms with Gasteiger partial charge in [0.15, 0.2) is 0 Å². The van der Waals surface area contributed by atoms with Gasteiger partial charge >= 0.3 is 0 Å². The normalized spacial score (nSPS) is 10.1. The molecular weight excluding hydrogens is 286 g/mol. The minimum absolute atomic E-state index is 0.440. The van der Waals surface area contributed by atoms with E-state index in [4.69, 9.17) is 5.73 Å². The number of hydrogen-bond donors (Lipinski definition) is 1. The number of hydrogen-bond acceptors (Lipinski definition) is 3. The van der Waals surface area contributed by atoms with Gasteiger partial charge in [0.05, 0.1) is 16.6 Å². The van der Waals surface area contributed by atoms with Crippen LogP contribution in [0.5, 0.6) is 0 Å². The molecule has 4 rings (SSSR count). The van der Waals surface area contributed by atoms with Crippen molar-refractivity contribution < 1.29 is 4.79 Å². The topological polar surface area (TPSA) is 68.9 Å². The first-order valence-corrected chi connectivity index (χ1v) is 7.19. The van der Waals surface area contributed by atoms with Gasteiger partial charge in [0.2, 0.25) is 0 Å². The van der Waals surface area contributed by atoms with Crippen LogP contribution in [0.3, 0.4) is 0 Å². The van der Waals surface area contributed by atoms with E-state index in [2.05, 4.69) is 22.1 Å². The van der Waals surface area contributed by atoms with Crippen molar-refractivity contribution in [1.82, 2.24) is 9.97 Å². The van der Waals surface area contributed by atoms with Crippen molar-refractivity contribution in [2.45, 2.75) is 0 Å². The van der Waals surface area contributed by atoms with Crippen LogP contribution in [0, 0.1) is 0 Å². The summed E-state index contributed by atoms with van der Waals surface area (Å²) in [6.07, 6.45) is 3.46. The maximum Gasteiger partial charge on any atom is 0.250 e. The third kappa shape index (κ3) is 3.32. The van der Waals surface area contributed by atoms with Crippen molar-refractivity contribution in [1.29, 1.82) is 0 Å². The molecule has 0 spiro atoms. The number of fused-ring (bicyclic) bond motifs is 2. The maximum atomic E-state index is 11.0. The SMILES string of the molecule is NC(=O)c1cccc2cccnc12.c1ccc2ncccc2c1. The van der Waals surface area contributed by atoms with Gasteiger partial charge in [-0.1, -0.05) is 42.5 Å². The van der Waals surface area contributed by atoms with Gasteiger partial charge < -0.3 is 5.73 Å². The van der Waals surface area contributed by atoms with Gasteiger partial charge in [-0.15, -0.1) is 0 Å². The molecule has 0 bridgehead atoms. The molecule has 112 valence electrons. The summed E-state index contributed by atoms with van der Waals surface area (Å²) < 4.78 is 0. The predicted octanol–water partition coefficient (Wildman–Crippen LogP) is 3.57. The second-order valence-electron chi connectivity index (χ2n) is 4.94. The first-order chi connectivity index (χ1) is 11.3. The lowest BCUT2D eigenvalue weighted by atomic mass is 10.1. The number of carbonyl (C=O) groups is 1. The van der Waals surface area contributed by atoms with Gasteiger partial charge in [0.1, 0.15) is 0 Å². The van der Waals surface area contributed by atoms with Gasteiger partial charge in [0, 0.05) is 23.2 Å². The fourth-order valence-electron chi connectivity index (χ4n) is 2.32. The summed E-state index contributed by atoms with van der Waals surface area (Å²) in [5.74, 6) is -0.440. The van der Waals surface area contributed by atoms with Crippen LogP contribution < -0.4 is 5.73 Å². The monoisotopic (exact) mass is 301 g/mol. The Morgan fingerprint density at radius 3 is 2.17 bits per heavy atom. The minimum Gasteiger partial charge on any atom is -0.366 e. The highest BCUT2D eigenvalue weighted by atomic mass is 16.1. The maximum absolute atomic E-state index is 11.0. The lowest BCUT2D eigenvalue weighted by molar-refractivity contribution is 0.100. The van der Waals surface area contributed by atoms with E-state index in [-0.39, 0.29) is 0 Å². The number of amides is 1. The largest absolute Gasteiger partial charge is 0.366 e. The van der Waals surface area contributed by atoms with Gasteiger partial charge in [-0.3, -0.25) is 14.8 Å². The third-order valence-corrected chi connectivity index (χ3v) is 3.41. The molecule has 2 N–H and O–H groups in total. The summed E-state index contributed by atoms with van der Waals surface area (Å²) in [4.78, 5) is 19.3. The van der Waals surface area contributed by atoms with Gasteiger partial charge in [-0.2, -0.15) is 0 Å². The standard InChI is InChI=1S/C10H8N2O.C9H7N/c11-10(13)8-5-1-3-7-4-2-6-12-9(7)8;1-2-6-9-8(4-1)5-3-7-10-9/h1-6H,(H2,11,13);1-7H. The molecule has 4 heteroatoms. The lowest BCUT2D eigenvalue weighted by Gasteiger charge is -2.00. The molecule has 1 amide bonds. The highest BCUT2D eigenvalue weighted by molar-refractivity contribution is 6.04. The van der Waals surface area contributed by atoms with Crippen LogP contribution in [0.4, 0.5) is 0 Å². The second-order valence-corrected chi connectivity index (χ2v) is 4.94. The Hall–Kier alpha value is -3.27. The number of para-hydroxylation sites is 2. The van der Waals surface area contributed by atoms with Crippen LogP contribution in [-0.2, 0) is 0 Å². The molecule has 0 atom stereocenters. The smallest absolute Gasteiger partial charge is 0.250 e. The molecule has 2 aromatic heterocycles. The number of aromatic nitrogens is 2. The van der Waals surface area contributed by atoms with Crippen LogP contribution in [0.2, 0.25) is 0 Å². The number of pyridine rings is 2. The van der Waals surface area contributed by atoms with Crippen molar-refractivity contribution in [3.8, 4) is 0 Å². The zero-order valence-corrected chi connectivity index (χ0v) is 12.4. The third-order valence-electron chi connectivity index (χ3n) is 3.41. The number of rotatable bonds is 1. The molecule has 0 aliphatic heterocycles. The first kappa shape index (κ1) is 14.7. The van der Waals surface area contributed by atoms with E-state index in [1.807, 2.05) is 48.7 Å². The van der Waals surface area contributed by atoms with Crippen molar-refractivity contribution in [2.24, 2.45) is 5.73 Å². The Morgan fingerprint density at radius 2 is 1.39 bits per heavy atom. The van der Waals surface area contributed by atoms with Gasteiger partial charge in [-0.05, 0) is 24.3 Å². The second kappa shape index (κ2) is 6.66. The Kier molecular flexibility index (Phi) is 4.25. The fourth-order valence-corrected chi connectivity index (χ4v) is 2.32. The van der Waals surface area contributed by atoms with Crippen LogP contribution in [0.25, 0.3) is 21.8 Å². The molecule has 4 nitrogen and oxygen atoms in total. The summed E-state index contributed by atoms with van der Waals surface area (Å²) >= 11 is 0. The Bertz CT molecular complexity index is 896. The van der Waals surface area contributed by atoms with E-state index in [1.165, 1.54) is 5.39 Å². The lowest BCUT2D eigenvalue weighted by Crippen LogP contribution is -2.11. The van der Waals surface area contributed by atoms with E-state index < -0.39 is 5.91 Å². The molecule has 23 heavy (non-hydrogen) atoms. The summed E-state index contributed by atoms with van der Waals surface area (Å²) in [6, 6.07) is 21.2. The molecule has 0 saturated heterocycles. The van der Waals surface area contributed by atoms with Crippen LogP contribution in [0.1, 0.15) is 10.4 Å². The summed E-state index contributed by atoms with van der Waals surface area (Å²) in [7, 11) is 0. The van der Waals surface area contributed by atoms with Crippen LogP contribution in [0.15, 0.2) is 79.1 Å². The van der Waals surface area contributed by atoms with Crippen molar-refractivity contribution in [2.75, 3.05) is 0 Å². The average Bonchev–Trinajstić information content (AvgIpc) is 2.62. The van der Waals surface area contributed by atoms with E-state index in [1.54, 1.807) is 18.3 Å². The Balaban J connectivity index is 0.000000140. The van der Waals surface area contributed by atoms with E-state index >= 15 is 0 Å². The highest BCUT2D eigenvalue weighted by Crippen LogP contribution is 2.14. The molecule has 0 aliphatic rings. The van der Waals surface area contributed by atoms with Crippen LogP contribution >= 0.6 is 0 Å². The molecule has 2 aromatic carbocycles. The van der Waals surface area contributed by atoms with Crippen molar-refractivity contribution in [3.05, 3.63) is 84.7 Å².